The third-order valence-corrected chi connectivity index (χ3v) is 4.10. The van der Waals surface area contributed by atoms with Gasteiger partial charge in [-0.1, -0.05) is 20.3 Å². The van der Waals surface area contributed by atoms with Crippen molar-refractivity contribution in [1.82, 2.24) is 5.32 Å². The molecule has 0 aliphatic heterocycles. The van der Waals surface area contributed by atoms with Gasteiger partial charge >= 0.3 is 6.18 Å². The van der Waals surface area contributed by atoms with Crippen LogP contribution < -0.4 is 5.32 Å². The zero-order valence-electron chi connectivity index (χ0n) is 11.9. The molecule has 1 aromatic rings. The summed E-state index contributed by atoms with van der Waals surface area (Å²) in [4.78, 5) is 12.1. The Morgan fingerprint density at radius 2 is 2.00 bits per heavy atom. The number of amides is 1. The summed E-state index contributed by atoms with van der Waals surface area (Å²) in [5.74, 6) is -1.74. The molecule has 0 heterocycles. The molecule has 1 aromatic carbocycles. The third-order valence-electron chi connectivity index (χ3n) is 4.10. The van der Waals surface area contributed by atoms with Crippen molar-refractivity contribution in [3.63, 3.8) is 0 Å². The van der Waals surface area contributed by atoms with Gasteiger partial charge in [0.1, 0.15) is 5.82 Å². The lowest BCUT2D eigenvalue weighted by Crippen LogP contribution is -2.41. The zero-order chi connectivity index (χ0) is 15.8. The predicted octanol–water partition coefficient (Wildman–Crippen LogP) is 4.15. The molecule has 0 spiro atoms. The van der Waals surface area contributed by atoms with Crippen LogP contribution in [0.1, 0.15) is 49.0 Å². The lowest BCUT2D eigenvalue weighted by atomic mass is 9.87. The lowest BCUT2D eigenvalue weighted by molar-refractivity contribution is -0.137. The van der Waals surface area contributed by atoms with Crippen molar-refractivity contribution in [2.45, 2.75) is 45.3 Å². The molecular formula is C15H17F4NO. The fourth-order valence-electron chi connectivity index (χ4n) is 2.71. The number of alkyl halides is 3. The molecule has 0 bridgehead atoms. The molecule has 1 aliphatic carbocycles. The number of nitrogens with one attached hydrogen (secondary N) is 1. The Hall–Kier alpha value is -1.59. The molecule has 1 fully saturated rings. The van der Waals surface area contributed by atoms with Crippen molar-refractivity contribution in [3.05, 3.63) is 35.1 Å². The van der Waals surface area contributed by atoms with E-state index in [-0.39, 0.29) is 11.5 Å². The van der Waals surface area contributed by atoms with Crippen LogP contribution in [0.5, 0.6) is 0 Å². The number of carbonyl (C=O) groups is 1. The van der Waals surface area contributed by atoms with Crippen molar-refractivity contribution >= 4 is 5.91 Å². The van der Waals surface area contributed by atoms with Gasteiger partial charge in [0.2, 0.25) is 0 Å². The highest BCUT2D eigenvalue weighted by molar-refractivity contribution is 5.95. The van der Waals surface area contributed by atoms with Gasteiger partial charge in [-0.3, -0.25) is 4.79 Å². The highest BCUT2D eigenvalue weighted by Gasteiger charge is 2.36. The van der Waals surface area contributed by atoms with E-state index in [1.807, 2.05) is 13.8 Å². The van der Waals surface area contributed by atoms with Gasteiger partial charge in [0.05, 0.1) is 11.1 Å². The molecule has 1 saturated carbocycles. The van der Waals surface area contributed by atoms with E-state index in [1.165, 1.54) is 0 Å². The molecule has 2 rings (SSSR count). The molecule has 1 N–H and O–H groups in total. The van der Waals surface area contributed by atoms with Crippen molar-refractivity contribution in [3.8, 4) is 0 Å². The average molecular weight is 303 g/mol. The van der Waals surface area contributed by atoms with Gasteiger partial charge in [0.25, 0.3) is 5.91 Å². The van der Waals surface area contributed by atoms with Crippen molar-refractivity contribution < 1.29 is 22.4 Å². The van der Waals surface area contributed by atoms with Crippen molar-refractivity contribution in [1.29, 1.82) is 0 Å². The summed E-state index contributed by atoms with van der Waals surface area (Å²) in [6.07, 6.45) is -2.00. The minimum atomic E-state index is -4.60. The Balaban J connectivity index is 2.23. The Bertz CT molecular complexity index is 551. The van der Waals surface area contributed by atoms with Crippen LogP contribution in [0.3, 0.4) is 0 Å². The van der Waals surface area contributed by atoms with Gasteiger partial charge < -0.3 is 5.32 Å². The maximum absolute atomic E-state index is 13.6. The van der Waals surface area contributed by atoms with Gasteiger partial charge in [0.15, 0.2) is 0 Å². The number of benzene rings is 1. The zero-order valence-corrected chi connectivity index (χ0v) is 11.9. The molecule has 21 heavy (non-hydrogen) atoms. The molecule has 1 atom stereocenters. The van der Waals surface area contributed by atoms with Crippen LogP contribution >= 0.6 is 0 Å². The minimum absolute atomic E-state index is 0.131. The monoisotopic (exact) mass is 303 g/mol. The topological polar surface area (TPSA) is 29.1 Å². The lowest BCUT2D eigenvalue weighted by Gasteiger charge is -2.28. The van der Waals surface area contributed by atoms with Crippen LogP contribution in [0.25, 0.3) is 0 Å². The van der Waals surface area contributed by atoms with Gasteiger partial charge in [-0.05, 0) is 36.5 Å². The molecule has 1 amide bonds. The summed E-state index contributed by atoms with van der Waals surface area (Å²) >= 11 is 0. The highest BCUT2D eigenvalue weighted by Crippen LogP contribution is 2.37. The van der Waals surface area contributed by atoms with E-state index in [1.54, 1.807) is 0 Å². The summed E-state index contributed by atoms with van der Waals surface area (Å²) in [6, 6.07) is 1.72. The molecule has 116 valence electrons. The number of hydrogen-bond donors (Lipinski definition) is 1. The van der Waals surface area contributed by atoms with Gasteiger partial charge in [0, 0.05) is 6.04 Å². The van der Waals surface area contributed by atoms with Crippen LogP contribution in [-0.4, -0.2) is 11.9 Å². The third kappa shape index (κ3) is 3.36. The second-order valence-electron chi connectivity index (χ2n) is 6.10. The maximum Gasteiger partial charge on any atom is 0.416 e. The molecule has 0 saturated heterocycles. The molecule has 1 aliphatic rings. The highest BCUT2D eigenvalue weighted by atomic mass is 19.4. The normalized spacial score (nSPS) is 21.3. The number of carbonyl (C=O) groups excluding carboxylic acids is 1. The first-order valence-corrected chi connectivity index (χ1v) is 6.79. The van der Waals surface area contributed by atoms with Gasteiger partial charge in [-0.15, -0.1) is 0 Å². The summed E-state index contributed by atoms with van der Waals surface area (Å²) in [5.41, 5.74) is -1.72. The van der Waals surface area contributed by atoms with E-state index in [0.29, 0.717) is 18.2 Å². The summed E-state index contributed by atoms with van der Waals surface area (Å²) in [7, 11) is 0. The summed E-state index contributed by atoms with van der Waals surface area (Å²) in [6.45, 7) is 3.96. The van der Waals surface area contributed by atoms with E-state index in [0.717, 1.165) is 19.3 Å². The molecule has 6 heteroatoms. The van der Waals surface area contributed by atoms with E-state index in [2.05, 4.69) is 5.32 Å². The fraction of sp³-hybridized carbons (Fsp3) is 0.533. The van der Waals surface area contributed by atoms with Crippen molar-refractivity contribution in [2.75, 3.05) is 0 Å². The molecule has 2 nitrogen and oxygen atoms in total. The van der Waals surface area contributed by atoms with Gasteiger partial charge in [-0.25, -0.2) is 4.39 Å². The fourth-order valence-corrected chi connectivity index (χ4v) is 2.71. The number of halogens is 4. The van der Waals surface area contributed by atoms with Crippen LogP contribution in [0.4, 0.5) is 17.6 Å². The number of hydrogen-bond acceptors (Lipinski definition) is 1. The molecule has 1 unspecified atom stereocenters. The van der Waals surface area contributed by atoms with Crippen molar-refractivity contribution in [2.24, 2.45) is 5.41 Å². The second kappa shape index (κ2) is 5.31. The Kier molecular flexibility index (Phi) is 4.00. The average Bonchev–Trinajstić information content (AvgIpc) is 2.67. The second-order valence-corrected chi connectivity index (χ2v) is 6.10. The van der Waals surface area contributed by atoms with Crippen LogP contribution in [0.15, 0.2) is 18.2 Å². The smallest absolute Gasteiger partial charge is 0.349 e. The first-order chi connectivity index (χ1) is 9.61. The molecule has 0 aromatic heterocycles. The number of rotatable bonds is 2. The first kappa shape index (κ1) is 15.8. The van der Waals surface area contributed by atoms with E-state index >= 15 is 0 Å². The molecule has 0 radical (unpaired) electrons. The minimum Gasteiger partial charge on any atom is -0.349 e. The standard InChI is InChI=1S/C15H17F4NO/c1-14(2)7-3-4-12(14)20-13(21)10-8-9(15(17,18)19)5-6-11(10)16/h5-6,8,12H,3-4,7H2,1-2H3,(H,20,21). The van der Waals surface area contributed by atoms with Crippen LogP contribution in [0, 0.1) is 11.2 Å². The maximum atomic E-state index is 13.6. The Morgan fingerprint density at radius 3 is 2.52 bits per heavy atom. The SMILES string of the molecule is CC1(C)CCCC1NC(=O)c1cc(C(F)(F)F)ccc1F. The van der Waals surface area contributed by atoms with Gasteiger partial charge in [-0.2, -0.15) is 13.2 Å². The quantitative estimate of drug-likeness (QED) is 0.817. The van der Waals surface area contributed by atoms with E-state index < -0.39 is 29.0 Å². The van der Waals surface area contributed by atoms with Crippen LogP contribution in [-0.2, 0) is 6.18 Å². The Morgan fingerprint density at radius 1 is 1.33 bits per heavy atom. The Labute approximate surface area is 120 Å². The summed E-state index contributed by atoms with van der Waals surface area (Å²) < 4.78 is 51.6. The largest absolute Gasteiger partial charge is 0.416 e. The first-order valence-electron chi connectivity index (χ1n) is 6.79. The van der Waals surface area contributed by atoms with E-state index in [9.17, 15) is 22.4 Å². The van der Waals surface area contributed by atoms with Crippen LogP contribution in [0.2, 0.25) is 0 Å². The predicted molar refractivity (Wildman–Crippen MR) is 70.3 cm³/mol. The van der Waals surface area contributed by atoms with E-state index in [4.69, 9.17) is 0 Å². The summed E-state index contributed by atoms with van der Waals surface area (Å²) in [5, 5.41) is 2.66. The molecular weight excluding hydrogens is 286 g/mol.